The minimum Gasteiger partial charge on any atom is -0.231 e. The zero-order valence-corrected chi connectivity index (χ0v) is 10.1. The summed E-state index contributed by atoms with van der Waals surface area (Å²) >= 11 is 5.69. The van der Waals surface area contributed by atoms with Crippen molar-refractivity contribution in [2.24, 2.45) is 0 Å². The van der Waals surface area contributed by atoms with Gasteiger partial charge in [0.25, 0.3) is 0 Å². The fourth-order valence-electron chi connectivity index (χ4n) is 1.60. The van der Waals surface area contributed by atoms with Crippen LogP contribution < -0.4 is 0 Å². The lowest BCUT2D eigenvalue weighted by Gasteiger charge is -2.12. The minimum absolute atomic E-state index is 0.116. The summed E-state index contributed by atoms with van der Waals surface area (Å²) < 4.78 is 51.1. The Bertz CT molecular complexity index is 581. The first-order valence-electron chi connectivity index (χ1n) is 5.19. The predicted octanol–water partition coefficient (Wildman–Crippen LogP) is 3.88. The number of alkyl halides is 3. The minimum atomic E-state index is -4.61. The van der Waals surface area contributed by atoms with Crippen LogP contribution >= 0.6 is 11.6 Å². The molecule has 0 bridgehead atoms. The third kappa shape index (κ3) is 3.20. The molecule has 1 aromatic heterocycles. The molecular weight excluding hydrogens is 284 g/mol. The zero-order chi connectivity index (χ0) is 14.0. The molecular formula is C12H7ClF4N2. The summed E-state index contributed by atoms with van der Waals surface area (Å²) in [5, 5.41) is -0.258. The molecule has 100 valence electrons. The highest BCUT2D eigenvalue weighted by Gasteiger charge is 2.36. The Kier molecular flexibility index (Phi) is 3.71. The van der Waals surface area contributed by atoms with Gasteiger partial charge in [-0.1, -0.05) is 23.7 Å². The molecule has 0 fully saturated rings. The molecule has 0 aliphatic carbocycles. The Labute approximate surface area is 111 Å². The van der Waals surface area contributed by atoms with E-state index >= 15 is 0 Å². The Morgan fingerprint density at radius 2 is 1.68 bits per heavy atom. The Balaban J connectivity index is 2.42. The van der Waals surface area contributed by atoms with Crippen molar-refractivity contribution in [3.63, 3.8) is 0 Å². The fraction of sp³-hybridized carbons (Fsp3) is 0.167. The Morgan fingerprint density at radius 1 is 1.05 bits per heavy atom. The van der Waals surface area contributed by atoms with E-state index in [1.165, 1.54) is 24.3 Å². The number of aromatic nitrogens is 2. The fourth-order valence-corrected chi connectivity index (χ4v) is 1.80. The van der Waals surface area contributed by atoms with Crippen molar-refractivity contribution in [1.82, 2.24) is 9.97 Å². The summed E-state index contributed by atoms with van der Waals surface area (Å²) in [6, 6.07) is 5.11. The van der Waals surface area contributed by atoms with Crippen molar-refractivity contribution < 1.29 is 17.6 Å². The van der Waals surface area contributed by atoms with Crippen LogP contribution in [0.4, 0.5) is 17.6 Å². The van der Waals surface area contributed by atoms with Crippen molar-refractivity contribution in [2.75, 3.05) is 0 Å². The monoisotopic (exact) mass is 290 g/mol. The lowest BCUT2D eigenvalue weighted by atomic mass is 10.0. The molecule has 0 spiro atoms. The topological polar surface area (TPSA) is 25.8 Å². The van der Waals surface area contributed by atoms with E-state index in [1.54, 1.807) is 0 Å². The van der Waals surface area contributed by atoms with Crippen molar-refractivity contribution >= 4 is 11.6 Å². The number of halogens is 5. The highest BCUT2D eigenvalue weighted by Crippen LogP contribution is 2.33. The van der Waals surface area contributed by atoms with Gasteiger partial charge < -0.3 is 0 Å². The summed E-state index contributed by atoms with van der Waals surface area (Å²) in [6.45, 7) is 0. The molecule has 0 radical (unpaired) electrons. The molecule has 1 heterocycles. The van der Waals surface area contributed by atoms with E-state index in [1.807, 2.05) is 0 Å². The lowest BCUT2D eigenvalue weighted by Crippen LogP contribution is -2.13. The number of hydrogen-bond acceptors (Lipinski definition) is 2. The van der Waals surface area contributed by atoms with Crippen LogP contribution in [0.1, 0.15) is 16.8 Å². The molecule has 0 aliphatic heterocycles. The van der Waals surface area contributed by atoms with Gasteiger partial charge in [0.05, 0.1) is 0 Å². The summed E-state index contributed by atoms with van der Waals surface area (Å²) in [4.78, 5) is 6.78. The molecule has 7 heteroatoms. The SMILES string of the molecule is Fc1ccc(Cc2c(Cl)ncnc2C(F)(F)F)cc1. The van der Waals surface area contributed by atoms with E-state index in [0.29, 0.717) is 5.56 Å². The molecule has 0 N–H and O–H groups in total. The first kappa shape index (κ1) is 13.7. The standard InChI is InChI=1S/C12H7ClF4N2/c13-11-9(5-7-1-3-8(14)4-2-7)10(12(15,16)17)18-6-19-11/h1-4,6H,5H2. The maximum Gasteiger partial charge on any atom is 0.433 e. The quantitative estimate of drug-likeness (QED) is 0.619. The number of rotatable bonds is 2. The second-order valence-electron chi connectivity index (χ2n) is 3.79. The molecule has 1 aromatic carbocycles. The first-order chi connectivity index (χ1) is 8.88. The van der Waals surface area contributed by atoms with Gasteiger partial charge in [-0.3, -0.25) is 0 Å². The molecule has 0 saturated heterocycles. The number of benzene rings is 1. The van der Waals surface area contributed by atoms with E-state index in [2.05, 4.69) is 9.97 Å². The molecule has 2 aromatic rings. The summed E-state index contributed by atoms with van der Waals surface area (Å²) in [7, 11) is 0. The van der Waals surface area contributed by atoms with Crippen molar-refractivity contribution in [2.45, 2.75) is 12.6 Å². The highest BCUT2D eigenvalue weighted by atomic mass is 35.5. The molecule has 0 aliphatic rings. The molecule has 0 atom stereocenters. The van der Waals surface area contributed by atoms with E-state index in [4.69, 9.17) is 11.6 Å². The third-order valence-corrected chi connectivity index (χ3v) is 2.78. The third-order valence-electron chi connectivity index (χ3n) is 2.46. The van der Waals surface area contributed by atoms with Gasteiger partial charge in [-0.15, -0.1) is 0 Å². The molecule has 19 heavy (non-hydrogen) atoms. The van der Waals surface area contributed by atoms with Crippen LogP contribution in [0.2, 0.25) is 5.15 Å². The normalized spacial score (nSPS) is 11.6. The van der Waals surface area contributed by atoms with E-state index in [9.17, 15) is 17.6 Å². The van der Waals surface area contributed by atoms with Crippen LogP contribution in [0.15, 0.2) is 30.6 Å². The van der Waals surface area contributed by atoms with Crippen LogP contribution in [0.3, 0.4) is 0 Å². The van der Waals surface area contributed by atoms with Gasteiger partial charge in [-0.05, 0) is 17.7 Å². The van der Waals surface area contributed by atoms with E-state index in [-0.39, 0.29) is 17.1 Å². The Morgan fingerprint density at radius 3 is 2.26 bits per heavy atom. The van der Waals surface area contributed by atoms with Gasteiger partial charge in [0.1, 0.15) is 17.3 Å². The Hall–Kier alpha value is -1.69. The van der Waals surface area contributed by atoms with Gasteiger partial charge in [-0.25, -0.2) is 14.4 Å². The van der Waals surface area contributed by atoms with Gasteiger partial charge in [0, 0.05) is 12.0 Å². The van der Waals surface area contributed by atoms with Gasteiger partial charge in [0.15, 0.2) is 5.69 Å². The van der Waals surface area contributed by atoms with Crippen LogP contribution in [0.25, 0.3) is 0 Å². The average molecular weight is 291 g/mol. The second kappa shape index (κ2) is 5.13. The van der Waals surface area contributed by atoms with Crippen molar-refractivity contribution in [3.8, 4) is 0 Å². The predicted molar refractivity (Wildman–Crippen MR) is 61.3 cm³/mol. The van der Waals surface area contributed by atoms with Crippen LogP contribution in [0.5, 0.6) is 0 Å². The van der Waals surface area contributed by atoms with Crippen molar-refractivity contribution in [3.05, 3.63) is 58.4 Å². The van der Waals surface area contributed by atoms with Gasteiger partial charge in [0.2, 0.25) is 0 Å². The van der Waals surface area contributed by atoms with Crippen LogP contribution in [-0.2, 0) is 12.6 Å². The van der Waals surface area contributed by atoms with E-state index in [0.717, 1.165) is 6.33 Å². The first-order valence-corrected chi connectivity index (χ1v) is 5.56. The van der Waals surface area contributed by atoms with Gasteiger partial charge in [-0.2, -0.15) is 13.2 Å². The number of nitrogens with zero attached hydrogens (tertiary/aromatic N) is 2. The zero-order valence-electron chi connectivity index (χ0n) is 9.38. The maximum atomic E-state index is 12.8. The van der Waals surface area contributed by atoms with Gasteiger partial charge >= 0.3 is 6.18 Å². The molecule has 0 amide bonds. The van der Waals surface area contributed by atoms with Crippen molar-refractivity contribution in [1.29, 1.82) is 0 Å². The van der Waals surface area contributed by atoms with E-state index < -0.39 is 17.7 Å². The largest absolute Gasteiger partial charge is 0.433 e. The molecule has 2 rings (SSSR count). The summed E-state index contributed by atoms with van der Waals surface area (Å²) in [5.41, 5.74) is -0.802. The molecule has 2 nitrogen and oxygen atoms in total. The van der Waals surface area contributed by atoms with Crippen LogP contribution in [0, 0.1) is 5.82 Å². The highest BCUT2D eigenvalue weighted by molar-refractivity contribution is 6.30. The second-order valence-corrected chi connectivity index (χ2v) is 4.15. The van der Waals surface area contributed by atoms with Crippen LogP contribution in [-0.4, -0.2) is 9.97 Å². The average Bonchev–Trinajstić information content (AvgIpc) is 2.33. The maximum absolute atomic E-state index is 12.8. The smallest absolute Gasteiger partial charge is 0.231 e. The summed E-state index contributed by atoms with van der Waals surface area (Å²) in [5.74, 6) is -0.463. The molecule has 0 saturated carbocycles. The number of hydrogen-bond donors (Lipinski definition) is 0. The molecule has 0 unspecified atom stereocenters. The lowest BCUT2D eigenvalue weighted by molar-refractivity contribution is -0.141. The summed E-state index contributed by atoms with van der Waals surface area (Å²) in [6.07, 6.45) is -3.96.